The van der Waals surface area contributed by atoms with Crippen LogP contribution in [-0.4, -0.2) is 97.0 Å². The first kappa shape index (κ1) is 25.0. The van der Waals surface area contributed by atoms with Crippen LogP contribution in [0.5, 0.6) is 0 Å². The number of likely N-dealkylation sites (tertiary alicyclic amines) is 2. The normalized spacial score (nSPS) is 26.5. The number of halogens is 1. The van der Waals surface area contributed by atoms with E-state index < -0.39 is 5.41 Å². The van der Waals surface area contributed by atoms with Crippen LogP contribution in [0.2, 0.25) is 0 Å². The Morgan fingerprint density at radius 2 is 1.72 bits per heavy atom. The molecular formula is C27H37FN4O4. The molecule has 4 fully saturated rings. The molecule has 0 bridgehead atoms. The molecule has 1 aromatic rings. The van der Waals surface area contributed by atoms with Gasteiger partial charge in [0.15, 0.2) is 0 Å². The third kappa shape index (κ3) is 5.08. The van der Waals surface area contributed by atoms with E-state index in [9.17, 15) is 18.8 Å². The van der Waals surface area contributed by atoms with Gasteiger partial charge in [0.05, 0.1) is 5.41 Å². The van der Waals surface area contributed by atoms with Gasteiger partial charge in [0.25, 0.3) is 0 Å². The van der Waals surface area contributed by atoms with Crippen molar-refractivity contribution in [3.05, 3.63) is 30.1 Å². The molecule has 196 valence electrons. The molecule has 4 aliphatic rings. The van der Waals surface area contributed by atoms with Crippen molar-refractivity contribution in [2.45, 2.75) is 57.6 Å². The lowest BCUT2D eigenvalue weighted by atomic mass is 9.75. The number of piperidine rings is 1. The zero-order valence-corrected chi connectivity index (χ0v) is 21.2. The van der Waals surface area contributed by atoms with Crippen molar-refractivity contribution in [2.24, 2.45) is 5.41 Å². The smallest absolute Gasteiger partial charge is 0.312 e. The predicted molar refractivity (Wildman–Crippen MR) is 133 cm³/mol. The molecule has 0 aliphatic carbocycles. The summed E-state index contributed by atoms with van der Waals surface area (Å²) in [5.74, 6) is -0.336. The first-order chi connectivity index (χ1) is 17.3. The van der Waals surface area contributed by atoms with Gasteiger partial charge in [0.2, 0.25) is 11.8 Å². The number of anilines is 1. The van der Waals surface area contributed by atoms with E-state index in [0.717, 1.165) is 64.1 Å². The van der Waals surface area contributed by atoms with Gasteiger partial charge in [-0.1, -0.05) is 0 Å². The van der Waals surface area contributed by atoms with E-state index in [2.05, 4.69) is 9.80 Å². The summed E-state index contributed by atoms with van der Waals surface area (Å²) in [4.78, 5) is 46.0. The molecule has 0 saturated carbocycles. The minimum atomic E-state index is -0.474. The first-order valence-electron chi connectivity index (χ1n) is 13.3. The van der Waals surface area contributed by atoms with E-state index in [-0.39, 0.29) is 35.7 Å². The van der Waals surface area contributed by atoms with Gasteiger partial charge in [-0.2, -0.15) is 0 Å². The van der Waals surface area contributed by atoms with E-state index in [1.54, 1.807) is 4.90 Å². The van der Waals surface area contributed by atoms with Crippen LogP contribution in [0.25, 0.3) is 0 Å². The molecule has 4 aliphatic heterocycles. The predicted octanol–water partition coefficient (Wildman–Crippen LogP) is 2.27. The molecule has 0 aromatic heterocycles. The largest absolute Gasteiger partial charge is 0.462 e. The summed E-state index contributed by atoms with van der Waals surface area (Å²) < 4.78 is 19.0. The molecule has 5 rings (SSSR count). The monoisotopic (exact) mass is 500 g/mol. The van der Waals surface area contributed by atoms with Gasteiger partial charge in [-0.15, -0.1) is 0 Å². The number of amides is 2. The molecule has 2 amide bonds. The van der Waals surface area contributed by atoms with Crippen LogP contribution >= 0.6 is 0 Å². The lowest BCUT2D eigenvalue weighted by molar-refractivity contribution is -0.153. The first-order valence-corrected chi connectivity index (χ1v) is 13.3. The second-order valence-electron chi connectivity index (χ2n) is 10.8. The number of rotatable bonds is 5. The van der Waals surface area contributed by atoms with Crippen molar-refractivity contribution >= 4 is 23.5 Å². The maximum atomic E-state index is 13.2. The molecule has 2 atom stereocenters. The van der Waals surface area contributed by atoms with Gasteiger partial charge in [0.1, 0.15) is 18.0 Å². The summed E-state index contributed by atoms with van der Waals surface area (Å²) in [5.41, 5.74) is 0.577. The van der Waals surface area contributed by atoms with Crippen molar-refractivity contribution in [1.82, 2.24) is 14.7 Å². The Morgan fingerprint density at radius 1 is 1.03 bits per heavy atom. The Hall–Kier alpha value is -2.68. The summed E-state index contributed by atoms with van der Waals surface area (Å²) in [7, 11) is 0. The maximum absolute atomic E-state index is 13.2. The molecule has 36 heavy (non-hydrogen) atoms. The molecule has 4 saturated heterocycles. The topological polar surface area (TPSA) is 73.4 Å². The standard InChI is InChI=1S/C27H37FN4O4/c1-20(33)32-11-2-3-24(32)25(34)31-13-9-27(10-14-31)19-23(36-26(27)35)8-12-29-15-17-30(18-16-29)22-6-4-21(28)5-7-22/h4-7,23-24H,2-3,8-19H2,1H3/t23-,24+/m0/s1. The Kier molecular flexibility index (Phi) is 7.19. The van der Waals surface area contributed by atoms with Crippen molar-refractivity contribution in [1.29, 1.82) is 0 Å². The third-order valence-corrected chi connectivity index (χ3v) is 8.63. The number of carbonyl (C=O) groups is 3. The maximum Gasteiger partial charge on any atom is 0.312 e. The van der Waals surface area contributed by atoms with E-state index in [4.69, 9.17) is 4.74 Å². The fourth-order valence-corrected chi connectivity index (χ4v) is 6.38. The number of hydrogen-bond donors (Lipinski definition) is 0. The number of piperazine rings is 1. The van der Waals surface area contributed by atoms with Crippen LogP contribution < -0.4 is 4.90 Å². The molecule has 0 unspecified atom stereocenters. The summed E-state index contributed by atoms with van der Waals surface area (Å²) in [5, 5.41) is 0. The number of ether oxygens (including phenoxy) is 1. The van der Waals surface area contributed by atoms with Crippen LogP contribution in [0.1, 0.15) is 45.4 Å². The lowest BCUT2D eigenvalue weighted by Crippen LogP contribution is -2.51. The number of cyclic esters (lactones) is 1. The van der Waals surface area contributed by atoms with Crippen LogP contribution in [0.4, 0.5) is 10.1 Å². The van der Waals surface area contributed by atoms with Crippen molar-refractivity contribution in [3.8, 4) is 0 Å². The van der Waals surface area contributed by atoms with Crippen LogP contribution in [0.3, 0.4) is 0 Å². The highest BCUT2D eigenvalue weighted by molar-refractivity contribution is 5.88. The molecular weight excluding hydrogens is 463 g/mol. The third-order valence-electron chi connectivity index (χ3n) is 8.63. The van der Waals surface area contributed by atoms with E-state index in [0.29, 0.717) is 32.5 Å². The van der Waals surface area contributed by atoms with Crippen molar-refractivity contribution < 1.29 is 23.5 Å². The zero-order valence-electron chi connectivity index (χ0n) is 21.2. The summed E-state index contributed by atoms with van der Waals surface area (Å²) in [6.45, 7) is 7.81. The molecule has 8 nitrogen and oxygen atoms in total. The van der Waals surface area contributed by atoms with Gasteiger partial charge in [-0.3, -0.25) is 19.3 Å². The van der Waals surface area contributed by atoms with Crippen molar-refractivity contribution in [3.63, 3.8) is 0 Å². The molecule has 0 N–H and O–H groups in total. The highest BCUT2D eigenvalue weighted by Crippen LogP contribution is 2.44. The molecule has 0 radical (unpaired) electrons. The van der Waals surface area contributed by atoms with E-state index in [1.807, 2.05) is 17.0 Å². The quantitative estimate of drug-likeness (QED) is 0.578. The zero-order chi connectivity index (χ0) is 25.3. The minimum Gasteiger partial charge on any atom is -0.462 e. The summed E-state index contributed by atoms with van der Waals surface area (Å²) in [6, 6.07) is 6.32. The summed E-state index contributed by atoms with van der Waals surface area (Å²) in [6.07, 6.45) is 4.34. The van der Waals surface area contributed by atoms with Crippen molar-refractivity contribution in [2.75, 3.05) is 57.3 Å². The van der Waals surface area contributed by atoms with Gasteiger partial charge >= 0.3 is 5.97 Å². The molecule has 1 aromatic carbocycles. The Balaban J connectivity index is 1.07. The fourth-order valence-electron chi connectivity index (χ4n) is 6.38. The average Bonchev–Trinajstić information content (AvgIpc) is 3.49. The second-order valence-corrected chi connectivity index (χ2v) is 10.8. The SMILES string of the molecule is CC(=O)N1CCC[C@@H]1C(=O)N1CCC2(CC1)C[C@H](CCN1CCN(c3ccc(F)cc3)CC1)OC2=O. The van der Waals surface area contributed by atoms with Gasteiger partial charge in [0, 0.05) is 71.4 Å². The van der Waals surface area contributed by atoms with Gasteiger partial charge < -0.3 is 19.4 Å². The molecule has 4 heterocycles. The number of carbonyl (C=O) groups excluding carboxylic acids is 3. The number of benzene rings is 1. The number of hydrogen-bond acceptors (Lipinski definition) is 6. The van der Waals surface area contributed by atoms with Crippen LogP contribution in [-0.2, 0) is 19.1 Å². The van der Waals surface area contributed by atoms with Gasteiger partial charge in [-0.25, -0.2) is 4.39 Å². The molecule has 1 spiro atoms. The van der Waals surface area contributed by atoms with Gasteiger partial charge in [-0.05, 0) is 56.4 Å². The fraction of sp³-hybridized carbons (Fsp3) is 0.667. The average molecular weight is 501 g/mol. The Labute approximate surface area is 212 Å². The highest BCUT2D eigenvalue weighted by atomic mass is 19.1. The highest BCUT2D eigenvalue weighted by Gasteiger charge is 2.51. The lowest BCUT2D eigenvalue weighted by Gasteiger charge is -2.38. The summed E-state index contributed by atoms with van der Waals surface area (Å²) >= 11 is 0. The van der Waals surface area contributed by atoms with Crippen LogP contribution in [0, 0.1) is 11.2 Å². The van der Waals surface area contributed by atoms with E-state index >= 15 is 0 Å². The van der Waals surface area contributed by atoms with E-state index in [1.165, 1.54) is 19.1 Å². The number of esters is 1. The minimum absolute atomic E-state index is 0.0280. The second kappa shape index (κ2) is 10.4. The van der Waals surface area contributed by atoms with Crippen LogP contribution in [0.15, 0.2) is 24.3 Å². The molecule has 9 heteroatoms. The Morgan fingerprint density at radius 3 is 2.39 bits per heavy atom. The Bertz CT molecular complexity index is 970. The number of nitrogens with zero attached hydrogens (tertiary/aromatic N) is 4.